The smallest absolute Gasteiger partial charge is 0.311 e. The minimum atomic E-state index is -0.548. The second kappa shape index (κ2) is 7.75. The van der Waals surface area contributed by atoms with E-state index in [1.54, 1.807) is 0 Å². The Morgan fingerprint density at radius 2 is 1.83 bits per heavy atom. The third-order valence-electron chi connectivity index (χ3n) is 10.3. The van der Waals surface area contributed by atoms with Crippen LogP contribution in [0.2, 0.25) is 0 Å². The molecule has 6 aliphatic carbocycles. The van der Waals surface area contributed by atoms with Gasteiger partial charge >= 0.3 is 5.97 Å². The number of carbonyl (C=O) groups excluding carboxylic acids is 4. The molecule has 35 heavy (non-hydrogen) atoms. The molecule has 6 nitrogen and oxygen atoms in total. The average Bonchev–Trinajstić information content (AvgIpc) is 2.80. The molecule has 0 unspecified atom stereocenters. The Kier molecular flexibility index (Phi) is 5.36. The molecule has 6 heteroatoms. The fourth-order valence-electron chi connectivity index (χ4n) is 8.99. The van der Waals surface area contributed by atoms with E-state index in [0.717, 1.165) is 38.5 Å². The summed E-state index contributed by atoms with van der Waals surface area (Å²) in [5, 5.41) is 2.62. The van der Waals surface area contributed by atoms with E-state index in [1.165, 1.54) is 25.7 Å². The van der Waals surface area contributed by atoms with Gasteiger partial charge in [-0.2, -0.15) is 0 Å². The van der Waals surface area contributed by atoms with Gasteiger partial charge in [-0.25, -0.2) is 0 Å². The van der Waals surface area contributed by atoms with Crippen molar-refractivity contribution in [2.24, 2.45) is 39.9 Å². The first-order valence-electron chi connectivity index (χ1n) is 13.0. The van der Waals surface area contributed by atoms with Crippen LogP contribution >= 0.6 is 0 Å². The number of amides is 1. The van der Waals surface area contributed by atoms with Crippen molar-refractivity contribution >= 4 is 23.4 Å². The zero-order valence-corrected chi connectivity index (χ0v) is 21.7. The summed E-state index contributed by atoms with van der Waals surface area (Å²) in [6, 6.07) is 0. The lowest BCUT2D eigenvalue weighted by Gasteiger charge is -2.67. The summed E-state index contributed by atoms with van der Waals surface area (Å²) >= 11 is 0. The molecule has 0 radical (unpaired) electrons. The number of ketones is 2. The maximum atomic E-state index is 13.9. The van der Waals surface area contributed by atoms with E-state index in [2.05, 4.69) is 39.1 Å². The normalized spacial score (nSPS) is 39.9. The summed E-state index contributed by atoms with van der Waals surface area (Å²) in [4.78, 5) is 52.2. The van der Waals surface area contributed by atoms with Gasteiger partial charge < -0.3 is 10.1 Å². The van der Waals surface area contributed by atoms with Crippen molar-refractivity contribution in [2.75, 3.05) is 7.11 Å². The summed E-state index contributed by atoms with van der Waals surface area (Å²) in [7, 11) is 1.48. The molecule has 0 heterocycles. The van der Waals surface area contributed by atoms with E-state index in [9.17, 15) is 19.2 Å². The molecule has 6 atom stereocenters. The summed E-state index contributed by atoms with van der Waals surface area (Å²) in [6.45, 7) is 10.1. The Labute approximate surface area is 207 Å². The molecule has 2 bridgehead atoms. The number of ether oxygens (including phenoxy) is 1. The number of carbonyl (C=O) groups is 4. The van der Waals surface area contributed by atoms with Crippen LogP contribution < -0.4 is 5.32 Å². The largest absolute Gasteiger partial charge is 0.469 e. The van der Waals surface area contributed by atoms with Crippen LogP contribution in [0.1, 0.15) is 73.1 Å². The van der Waals surface area contributed by atoms with Crippen LogP contribution in [0.5, 0.6) is 0 Å². The number of Topliss-reactive ketones (excluding diaryl/α,β-unsaturated/α-hetero) is 1. The van der Waals surface area contributed by atoms with Crippen molar-refractivity contribution in [3.63, 3.8) is 0 Å². The zero-order chi connectivity index (χ0) is 25.5. The molecule has 0 aromatic heterocycles. The standard InChI is InChI=1S/C29H37NO5/c1-15(2)18-14-29-11-8-21-27(4,9-7-10-28(21,5)26(34)35-6)22(29)12-17(18)23-20(32)13-19(30-16(3)31)25(33)24(23)29/h13-15,17,21-22H,7-12H2,1-6H3,(H,30,31)/t17-,21+,22+,27-,28+,29-/m0/s1. The number of hydrogen-bond donors (Lipinski definition) is 1. The molecule has 6 aliphatic rings. The monoisotopic (exact) mass is 479 g/mol. The zero-order valence-electron chi connectivity index (χ0n) is 21.7. The molecule has 0 saturated heterocycles. The van der Waals surface area contributed by atoms with Crippen molar-refractivity contribution in [2.45, 2.75) is 73.1 Å². The summed E-state index contributed by atoms with van der Waals surface area (Å²) in [5.74, 6) is -0.360. The highest BCUT2D eigenvalue weighted by atomic mass is 16.5. The minimum absolute atomic E-state index is 0.0923. The molecular formula is C29H37NO5. The van der Waals surface area contributed by atoms with Gasteiger partial charge in [-0.1, -0.05) is 38.8 Å². The molecule has 0 aromatic carbocycles. The van der Waals surface area contributed by atoms with Crippen LogP contribution in [0.4, 0.5) is 0 Å². The van der Waals surface area contributed by atoms with Gasteiger partial charge in [0.2, 0.25) is 11.7 Å². The first-order chi connectivity index (χ1) is 16.4. The lowest BCUT2D eigenvalue weighted by atomic mass is 9.36. The van der Waals surface area contributed by atoms with Gasteiger partial charge in [-0.3, -0.25) is 19.2 Å². The highest BCUT2D eigenvalue weighted by Crippen LogP contribution is 2.72. The van der Waals surface area contributed by atoms with Gasteiger partial charge in [-0.05, 0) is 62.2 Å². The maximum Gasteiger partial charge on any atom is 0.311 e. The van der Waals surface area contributed by atoms with Gasteiger partial charge in [0.1, 0.15) is 0 Å². The number of hydrogen-bond acceptors (Lipinski definition) is 5. The second-order valence-corrected chi connectivity index (χ2v) is 12.3. The molecule has 2 fully saturated rings. The maximum absolute atomic E-state index is 13.9. The molecule has 6 rings (SSSR count). The molecule has 1 spiro atoms. The molecule has 1 N–H and O–H groups in total. The van der Waals surface area contributed by atoms with Crippen molar-refractivity contribution in [3.05, 3.63) is 34.6 Å². The van der Waals surface area contributed by atoms with Crippen LogP contribution in [0, 0.1) is 39.9 Å². The van der Waals surface area contributed by atoms with Gasteiger partial charge in [0.25, 0.3) is 0 Å². The topological polar surface area (TPSA) is 89.5 Å². The minimum Gasteiger partial charge on any atom is -0.469 e. The van der Waals surface area contributed by atoms with E-state index in [1.807, 2.05) is 0 Å². The fraction of sp³-hybridized carbons (Fsp3) is 0.655. The van der Waals surface area contributed by atoms with Gasteiger partial charge in [-0.15, -0.1) is 0 Å². The van der Waals surface area contributed by atoms with E-state index in [4.69, 9.17) is 4.74 Å². The number of methoxy groups -OCH3 is 1. The Balaban J connectivity index is 1.68. The Morgan fingerprint density at radius 3 is 2.46 bits per heavy atom. The first-order valence-corrected chi connectivity index (χ1v) is 13.0. The molecule has 1 amide bonds. The predicted octanol–water partition coefficient (Wildman–Crippen LogP) is 4.45. The Hall–Kier alpha value is -2.50. The predicted molar refractivity (Wildman–Crippen MR) is 131 cm³/mol. The molecule has 0 aliphatic heterocycles. The SMILES string of the molecule is COC(=O)[C@]1(C)CCC[C@@]2(C)[C@H]1CC[C@]13C=C(C(C)C)[C@H](C[C@H]21)C1=C3C(=O)C(NC(C)=O)=CC1=O. The first kappa shape index (κ1) is 24.2. The van der Waals surface area contributed by atoms with Crippen LogP contribution in [0.3, 0.4) is 0 Å². The summed E-state index contributed by atoms with van der Waals surface area (Å²) in [5.41, 5.74) is 1.37. The Bertz CT molecular complexity index is 1140. The van der Waals surface area contributed by atoms with Crippen LogP contribution in [0.15, 0.2) is 34.6 Å². The van der Waals surface area contributed by atoms with E-state index >= 15 is 0 Å². The van der Waals surface area contributed by atoms with Crippen molar-refractivity contribution in [1.29, 1.82) is 0 Å². The van der Waals surface area contributed by atoms with E-state index in [-0.39, 0.29) is 58.2 Å². The number of nitrogens with one attached hydrogen (secondary N) is 1. The van der Waals surface area contributed by atoms with E-state index < -0.39 is 10.8 Å². The van der Waals surface area contributed by atoms with Gasteiger partial charge in [0.05, 0.1) is 18.2 Å². The van der Waals surface area contributed by atoms with Gasteiger partial charge in [0, 0.05) is 35.5 Å². The number of allylic oxidation sites excluding steroid dienone is 5. The lowest BCUT2D eigenvalue weighted by molar-refractivity contribution is -0.178. The highest BCUT2D eigenvalue weighted by Gasteiger charge is 2.68. The number of esters is 1. The Morgan fingerprint density at radius 1 is 1.11 bits per heavy atom. The quantitative estimate of drug-likeness (QED) is 0.367. The van der Waals surface area contributed by atoms with Crippen molar-refractivity contribution < 1.29 is 23.9 Å². The van der Waals surface area contributed by atoms with E-state index in [0.29, 0.717) is 11.1 Å². The second-order valence-electron chi connectivity index (χ2n) is 12.3. The fourth-order valence-corrected chi connectivity index (χ4v) is 8.99. The van der Waals surface area contributed by atoms with Gasteiger partial charge in [0.15, 0.2) is 5.78 Å². The molecular weight excluding hydrogens is 442 g/mol. The average molecular weight is 480 g/mol. The number of fused-ring (bicyclic) bond motifs is 1. The summed E-state index contributed by atoms with van der Waals surface area (Å²) in [6.07, 6.45) is 8.76. The van der Waals surface area contributed by atoms with Crippen LogP contribution in [-0.4, -0.2) is 30.6 Å². The van der Waals surface area contributed by atoms with Crippen molar-refractivity contribution in [3.8, 4) is 0 Å². The summed E-state index contributed by atoms with van der Waals surface area (Å²) < 4.78 is 5.29. The van der Waals surface area contributed by atoms with Crippen molar-refractivity contribution in [1.82, 2.24) is 5.32 Å². The highest BCUT2D eigenvalue weighted by molar-refractivity contribution is 6.25. The lowest BCUT2D eigenvalue weighted by Crippen LogP contribution is -2.62. The third-order valence-corrected chi connectivity index (χ3v) is 10.3. The molecule has 188 valence electrons. The molecule has 0 aromatic rings. The van der Waals surface area contributed by atoms with Crippen LogP contribution in [-0.2, 0) is 23.9 Å². The third kappa shape index (κ3) is 3.07. The van der Waals surface area contributed by atoms with Crippen LogP contribution in [0.25, 0.3) is 0 Å². The number of rotatable bonds is 3. The molecule has 2 saturated carbocycles.